The third-order valence-corrected chi connectivity index (χ3v) is 2.66. The van der Waals surface area contributed by atoms with E-state index in [0.29, 0.717) is 18.0 Å². The van der Waals surface area contributed by atoms with Gasteiger partial charge in [-0.25, -0.2) is 0 Å². The minimum atomic E-state index is -0.279. The van der Waals surface area contributed by atoms with Crippen molar-refractivity contribution >= 4 is 23.4 Å². The van der Waals surface area contributed by atoms with E-state index in [0.717, 1.165) is 5.56 Å². The maximum Gasteiger partial charge on any atom is 0.262 e. The highest BCUT2D eigenvalue weighted by molar-refractivity contribution is 5.95. The summed E-state index contributed by atoms with van der Waals surface area (Å²) in [6.45, 7) is 1.61. The van der Waals surface area contributed by atoms with Crippen LogP contribution in [-0.2, 0) is 20.9 Å². The average Bonchev–Trinajstić information content (AvgIpc) is 2.42. The van der Waals surface area contributed by atoms with Gasteiger partial charge in [-0.1, -0.05) is 6.07 Å². The van der Waals surface area contributed by atoms with Crippen LogP contribution in [-0.4, -0.2) is 30.9 Å². The number of amides is 3. The van der Waals surface area contributed by atoms with Crippen molar-refractivity contribution in [1.29, 1.82) is 0 Å². The Bertz CT molecular complexity index is 557. The zero-order valence-electron chi connectivity index (χ0n) is 11.0. The Balaban J connectivity index is 1.90. The molecule has 20 heavy (non-hydrogen) atoms. The van der Waals surface area contributed by atoms with E-state index in [1.54, 1.807) is 18.2 Å². The smallest absolute Gasteiger partial charge is 0.262 e. The quantitative estimate of drug-likeness (QED) is 0.708. The minimum Gasteiger partial charge on any atom is -0.482 e. The van der Waals surface area contributed by atoms with Gasteiger partial charge in [0.2, 0.25) is 11.8 Å². The van der Waals surface area contributed by atoms with Gasteiger partial charge in [0.25, 0.3) is 5.91 Å². The molecule has 0 atom stereocenters. The lowest BCUT2D eigenvalue weighted by Crippen LogP contribution is -2.35. The molecule has 0 spiro atoms. The van der Waals surface area contributed by atoms with Crippen LogP contribution in [0.2, 0.25) is 0 Å². The number of carbonyl (C=O) groups excluding carboxylic acids is 3. The highest BCUT2D eigenvalue weighted by atomic mass is 16.5. The Kier molecular flexibility index (Phi) is 4.19. The van der Waals surface area contributed by atoms with Crippen LogP contribution in [0.3, 0.4) is 0 Å². The summed E-state index contributed by atoms with van der Waals surface area (Å²) in [6, 6.07) is 5.28. The number of anilines is 1. The first-order chi connectivity index (χ1) is 9.54. The third-order valence-electron chi connectivity index (χ3n) is 2.66. The van der Waals surface area contributed by atoms with Gasteiger partial charge in [0, 0.05) is 13.5 Å². The topological polar surface area (TPSA) is 96.5 Å². The van der Waals surface area contributed by atoms with E-state index in [9.17, 15) is 14.4 Å². The monoisotopic (exact) mass is 277 g/mol. The fourth-order valence-corrected chi connectivity index (χ4v) is 1.71. The third kappa shape index (κ3) is 3.71. The van der Waals surface area contributed by atoms with Crippen LogP contribution in [0.5, 0.6) is 5.75 Å². The molecule has 0 saturated heterocycles. The van der Waals surface area contributed by atoms with Crippen LogP contribution in [0.4, 0.5) is 5.69 Å². The number of hydrogen-bond acceptors (Lipinski definition) is 4. The molecule has 0 radical (unpaired) electrons. The van der Waals surface area contributed by atoms with Gasteiger partial charge in [-0.05, 0) is 17.7 Å². The van der Waals surface area contributed by atoms with Gasteiger partial charge in [0.1, 0.15) is 5.75 Å². The second-order valence-corrected chi connectivity index (χ2v) is 4.35. The Morgan fingerprint density at radius 2 is 2.15 bits per heavy atom. The fraction of sp³-hybridized carbons (Fsp3) is 0.308. The molecule has 0 aromatic heterocycles. The lowest BCUT2D eigenvalue weighted by atomic mass is 10.1. The van der Waals surface area contributed by atoms with Gasteiger partial charge in [-0.2, -0.15) is 0 Å². The summed E-state index contributed by atoms with van der Waals surface area (Å²) in [5.41, 5.74) is 1.42. The van der Waals surface area contributed by atoms with E-state index in [1.807, 2.05) is 0 Å². The standard InChI is InChI=1S/C13H15N3O4/c1-8(17)14-6-12(18)15-5-9-2-3-11-10(4-9)16-13(19)7-20-11/h2-4H,5-7H2,1H3,(H,14,17)(H,15,18)(H,16,19). The molecule has 0 fully saturated rings. The molecule has 1 aromatic carbocycles. The van der Waals surface area contributed by atoms with Crippen molar-refractivity contribution in [3.63, 3.8) is 0 Å². The summed E-state index contributed by atoms with van der Waals surface area (Å²) in [4.78, 5) is 33.3. The number of rotatable bonds is 4. The van der Waals surface area contributed by atoms with Gasteiger partial charge in [0.15, 0.2) is 6.61 Å². The molecule has 1 aromatic rings. The van der Waals surface area contributed by atoms with E-state index in [1.165, 1.54) is 6.92 Å². The van der Waals surface area contributed by atoms with E-state index < -0.39 is 0 Å². The van der Waals surface area contributed by atoms with Crippen molar-refractivity contribution in [2.24, 2.45) is 0 Å². The van der Waals surface area contributed by atoms with Crippen molar-refractivity contribution in [3.05, 3.63) is 23.8 Å². The van der Waals surface area contributed by atoms with Crippen LogP contribution in [0.1, 0.15) is 12.5 Å². The Labute approximate surface area is 115 Å². The summed E-state index contributed by atoms with van der Waals surface area (Å²) in [6.07, 6.45) is 0. The Morgan fingerprint density at radius 3 is 2.90 bits per heavy atom. The molecular weight excluding hydrogens is 262 g/mol. The van der Waals surface area contributed by atoms with Crippen molar-refractivity contribution < 1.29 is 19.1 Å². The largest absolute Gasteiger partial charge is 0.482 e. The van der Waals surface area contributed by atoms with E-state index in [4.69, 9.17) is 4.74 Å². The number of hydrogen-bond donors (Lipinski definition) is 3. The first-order valence-electron chi connectivity index (χ1n) is 6.11. The van der Waals surface area contributed by atoms with Gasteiger partial charge in [-0.15, -0.1) is 0 Å². The van der Waals surface area contributed by atoms with Crippen LogP contribution in [0, 0.1) is 0 Å². The predicted octanol–water partition coefficient (Wildman–Crippen LogP) is -0.230. The Morgan fingerprint density at radius 1 is 1.35 bits per heavy atom. The van der Waals surface area contributed by atoms with Crippen molar-refractivity contribution in [3.8, 4) is 5.75 Å². The summed E-state index contributed by atoms with van der Waals surface area (Å²) < 4.78 is 5.23. The number of nitrogens with one attached hydrogen (secondary N) is 3. The molecule has 7 nitrogen and oxygen atoms in total. The lowest BCUT2D eigenvalue weighted by molar-refractivity contribution is -0.125. The number of carbonyl (C=O) groups is 3. The van der Waals surface area contributed by atoms with Gasteiger partial charge in [-0.3, -0.25) is 14.4 Å². The van der Waals surface area contributed by atoms with Gasteiger partial charge in [0.05, 0.1) is 12.2 Å². The molecule has 2 rings (SSSR count). The van der Waals surface area contributed by atoms with Crippen molar-refractivity contribution in [2.45, 2.75) is 13.5 Å². The fourth-order valence-electron chi connectivity index (χ4n) is 1.71. The van der Waals surface area contributed by atoms with E-state index in [2.05, 4.69) is 16.0 Å². The maximum atomic E-state index is 11.4. The molecule has 1 aliphatic heterocycles. The maximum absolute atomic E-state index is 11.4. The van der Waals surface area contributed by atoms with Gasteiger partial charge >= 0.3 is 0 Å². The molecular formula is C13H15N3O4. The average molecular weight is 277 g/mol. The second kappa shape index (κ2) is 6.05. The van der Waals surface area contributed by atoms with E-state index >= 15 is 0 Å². The van der Waals surface area contributed by atoms with Crippen molar-refractivity contribution in [2.75, 3.05) is 18.5 Å². The Hall–Kier alpha value is -2.57. The zero-order chi connectivity index (χ0) is 14.5. The molecule has 1 aliphatic rings. The van der Waals surface area contributed by atoms with Crippen LogP contribution < -0.4 is 20.7 Å². The summed E-state index contributed by atoms with van der Waals surface area (Å²) in [7, 11) is 0. The minimum absolute atomic E-state index is 0.0137. The molecule has 3 N–H and O–H groups in total. The SMILES string of the molecule is CC(=O)NCC(=O)NCc1ccc2c(c1)NC(=O)CO2. The summed E-state index contributed by atoms with van der Waals surface area (Å²) >= 11 is 0. The van der Waals surface area contributed by atoms with Crippen LogP contribution >= 0.6 is 0 Å². The molecule has 3 amide bonds. The van der Waals surface area contributed by atoms with Crippen LogP contribution in [0.25, 0.3) is 0 Å². The first kappa shape index (κ1) is 13.9. The van der Waals surface area contributed by atoms with Crippen LogP contribution in [0.15, 0.2) is 18.2 Å². The molecule has 0 unspecified atom stereocenters. The first-order valence-corrected chi connectivity index (χ1v) is 6.11. The molecule has 7 heteroatoms. The summed E-state index contributed by atoms with van der Waals surface area (Å²) in [5, 5.41) is 7.77. The molecule has 0 bridgehead atoms. The second-order valence-electron chi connectivity index (χ2n) is 4.35. The number of fused-ring (bicyclic) bond motifs is 1. The van der Waals surface area contributed by atoms with Gasteiger partial charge < -0.3 is 20.7 Å². The molecule has 0 saturated carbocycles. The highest BCUT2D eigenvalue weighted by Crippen LogP contribution is 2.28. The molecule has 106 valence electrons. The predicted molar refractivity (Wildman–Crippen MR) is 71.1 cm³/mol. The molecule has 1 heterocycles. The summed E-state index contributed by atoms with van der Waals surface area (Å²) in [5.74, 6) is -0.130. The number of benzene rings is 1. The lowest BCUT2D eigenvalue weighted by Gasteiger charge is -2.18. The molecule has 0 aliphatic carbocycles. The zero-order valence-corrected chi connectivity index (χ0v) is 11.0. The highest BCUT2D eigenvalue weighted by Gasteiger charge is 2.15. The normalized spacial score (nSPS) is 12.8. The van der Waals surface area contributed by atoms with E-state index in [-0.39, 0.29) is 30.9 Å². The number of ether oxygens (including phenoxy) is 1. The van der Waals surface area contributed by atoms with Crippen molar-refractivity contribution in [1.82, 2.24) is 10.6 Å².